The normalized spacial score (nSPS) is 18.7. The van der Waals surface area contributed by atoms with E-state index >= 15 is 0 Å². The topological polar surface area (TPSA) is 37.4 Å². The average Bonchev–Trinajstić information content (AvgIpc) is 2.93. The molecule has 120 valence electrons. The Kier molecular flexibility index (Phi) is 6.65. The van der Waals surface area contributed by atoms with E-state index in [1.807, 2.05) is 18.3 Å². The van der Waals surface area contributed by atoms with Crippen LogP contribution < -0.4 is 10.1 Å². The Hall–Kier alpha value is -0.660. The highest BCUT2D eigenvalue weighted by atomic mass is 79.9. The molecule has 1 fully saturated rings. The molecule has 1 aromatic heterocycles. The van der Waals surface area contributed by atoms with E-state index in [0.717, 1.165) is 40.7 Å². The van der Waals surface area contributed by atoms with E-state index in [9.17, 15) is 0 Å². The van der Waals surface area contributed by atoms with Gasteiger partial charge in [0.15, 0.2) is 0 Å². The zero-order valence-corrected chi connectivity index (χ0v) is 15.5. The van der Waals surface area contributed by atoms with Crippen LogP contribution in [0, 0.1) is 0 Å². The van der Waals surface area contributed by atoms with Gasteiger partial charge in [-0.05, 0) is 22.0 Å². The minimum absolute atomic E-state index is 0. The zero-order chi connectivity index (χ0) is 14.7. The fourth-order valence-electron chi connectivity index (χ4n) is 2.72. The van der Waals surface area contributed by atoms with Gasteiger partial charge in [-0.15, -0.1) is 23.7 Å². The molecule has 2 aromatic rings. The summed E-state index contributed by atoms with van der Waals surface area (Å²) in [6.45, 7) is 3.84. The average molecular weight is 405 g/mol. The molecule has 0 saturated carbocycles. The SMILES string of the molecule is COc1ccccc1C1CNCCN1Cc1ncc(Br)s1.Cl. The lowest BCUT2D eigenvalue weighted by atomic mass is 10.0. The number of methoxy groups -OCH3 is 1. The Labute approximate surface area is 149 Å². The zero-order valence-electron chi connectivity index (χ0n) is 12.3. The fraction of sp³-hybridized carbons (Fsp3) is 0.400. The highest BCUT2D eigenvalue weighted by molar-refractivity contribution is 9.11. The van der Waals surface area contributed by atoms with Crippen molar-refractivity contribution in [1.29, 1.82) is 0 Å². The van der Waals surface area contributed by atoms with Crippen molar-refractivity contribution in [3.05, 3.63) is 44.8 Å². The number of nitrogens with zero attached hydrogens (tertiary/aromatic N) is 2. The summed E-state index contributed by atoms with van der Waals surface area (Å²) in [4.78, 5) is 6.93. The molecule has 1 aliphatic rings. The first-order valence-electron chi connectivity index (χ1n) is 6.96. The van der Waals surface area contributed by atoms with Gasteiger partial charge in [-0.25, -0.2) is 4.98 Å². The van der Waals surface area contributed by atoms with Crippen molar-refractivity contribution in [2.45, 2.75) is 12.6 Å². The first kappa shape index (κ1) is 17.7. The minimum Gasteiger partial charge on any atom is -0.496 e. The lowest BCUT2D eigenvalue weighted by molar-refractivity contribution is 0.151. The maximum atomic E-state index is 5.53. The Morgan fingerprint density at radius 2 is 2.27 bits per heavy atom. The molecule has 1 aromatic carbocycles. The molecule has 0 amide bonds. The summed E-state index contributed by atoms with van der Waals surface area (Å²) in [6.07, 6.45) is 1.88. The van der Waals surface area contributed by atoms with Crippen LogP contribution in [0.15, 0.2) is 34.2 Å². The number of benzene rings is 1. The van der Waals surface area contributed by atoms with Crippen molar-refractivity contribution in [1.82, 2.24) is 15.2 Å². The quantitative estimate of drug-likeness (QED) is 0.846. The van der Waals surface area contributed by atoms with Crippen LogP contribution in [0.1, 0.15) is 16.6 Å². The molecule has 1 aliphatic heterocycles. The van der Waals surface area contributed by atoms with Gasteiger partial charge in [0, 0.05) is 25.2 Å². The molecule has 2 heterocycles. The van der Waals surface area contributed by atoms with Crippen molar-refractivity contribution in [3.8, 4) is 5.75 Å². The molecule has 1 N–H and O–H groups in total. The smallest absolute Gasteiger partial charge is 0.123 e. The standard InChI is InChI=1S/C15H18BrN3OS.ClH/c1-20-13-5-3-2-4-11(13)12-8-17-6-7-19(12)10-15-18-9-14(16)21-15;/h2-5,9,12,17H,6-8,10H2,1H3;1H. The Morgan fingerprint density at radius 3 is 3.00 bits per heavy atom. The van der Waals surface area contributed by atoms with Gasteiger partial charge in [-0.3, -0.25) is 4.90 Å². The van der Waals surface area contributed by atoms with Gasteiger partial charge in [0.05, 0.1) is 29.7 Å². The van der Waals surface area contributed by atoms with Crippen LogP contribution in [0.5, 0.6) is 5.75 Å². The van der Waals surface area contributed by atoms with Crippen LogP contribution in [-0.2, 0) is 6.54 Å². The maximum Gasteiger partial charge on any atom is 0.123 e. The van der Waals surface area contributed by atoms with Crippen LogP contribution in [-0.4, -0.2) is 36.6 Å². The van der Waals surface area contributed by atoms with E-state index in [-0.39, 0.29) is 12.4 Å². The number of hydrogen-bond donors (Lipinski definition) is 1. The van der Waals surface area contributed by atoms with Crippen molar-refractivity contribution in [3.63, 3.8) is 0 Å². The Bertz CT molecular complexity index is 610. The van der Waals surface area contributed by atoms with Crippen LogP contribution in [0.2, 0.25) is 0 Å². The first-order chi connectivity index (χ1) is 10.3. The van der Waals surface area contributed by atoms with E-state index in [4.69, 9.17) is 4.74 Å². The summed E-state index contributed by atoms with van der Waals surface area (Å²) in [6, 6.07) is 8.59. The predicted molar refractivity (Wildman–Crippen MR) is 96.1 cm³/mol. The molecular formula is C15H19BrClN3OS. The highest BCUT2D eigenvalue weighted by Gasteiger charge is 2.26. The largest absolute Gasteiger partial charge is 0.496 e. The number of nitrogens with one attached hydrogen (secondary N) is 1. The molecule has 0 aliphatic carbocycles. The van der Waals surface area contributed by atoms with Crippen molar-refractivity contribution >= 4 is 39.7 Å². The number of rotatable bonds is 4. The van der Waals surface area contributed by atoms with Crippen LogP contribution in [0.25, 0.3) is 0 Å². The Balaban J connectivity index is 0.00000176. The van der Waals surface area contributed by atoms with Gasteiger partial charge in [-0.1, -0.05) is 18.2 Å². The van der Waals surface area contributed by atoms with Crippen molar-refractivity contribution in [2.24, 2.45) is 0 Å². The monoisotopic (exact) mass is 403 g/mol. The van der Waals surface area contributed by atoms with Gasteiger partial charge < -0.3 is 10.1 Å². The van der Waals surface area contributed by atoms with Gasteiger partial charge in [0.2, 0.25) is 0 Å². The molecule has 1 unspecified atom stereocenters. The van der Waals surface area contributed by atoms with Crippen LogP contribution in [0.4, 0.5) is 0 Å². The number of ether oxygens (including phenoxy) is 1. The lowest BCUT2D eigenvalue weighted by Gasteiger charge is -2.36. The van der Waals surface area contributed by atoms with Crippen LogP contribution in [0.3, 0.4) is 0 Å². The summed E-state index contributed by atoms with van der Waals surface area (Å²) in [5.74, 6) is 0.955. The number of hydrogen-bond acceptors (Lipinski definition) is 5. The van der Waals surface area contributed by atoms with Crippen LogP contribution >= 0.6 is 39.7 Å². The van der Waals surface area contributed by atoms with E-state index in [2.05, 4.69) is 43.3 Å². The molecular weight excluding hydrogens is 386 g/mol. The number of para-hydroxylation sites is 1. The maximum absolute atomic E-state index is 5.53. The number of thiazole rings is 1. The number of aromatic nitrogens is 1. The minimum atomic E-state index is 0. The van der Waals surface area contributed by atoms with E-state index < -0.39 is 0 Å². The van der Waals surface area contributed by atoms with E-state index in [1.54, 1.807) is 18.4 Å². The predicted octanol–water partition coefficient (Wildman–Crippen LogP) is 3.48. The third-order valence-corrected chi connectivity index (χ3v) is 5.18. The van der Waals surface area contributed by atoms with Gasteiger partial charge in [0.25, 0.3) is 0 Å². The third kappa shape index (κ3) is 4.00. The lowest BCUT2D eigenvalue weighted by Crippen LogP contribution is -2.45. The molecule has 1 saturated heterocycles. The molecule has 0 spiro atoms. The van der Waals surface area contributed by atoms with Crippen molar-refractivity contribution < 1.29 is 4.74 Å². The Morgan fingerprint density at radius 1 is 1.45 bits per heavy atom. The van der Waals surface area contributed by atoms with Gasteiger partial charge in [-0.2, -0.15) is 0 Å². The summed E-state index contributed by atoms with van der Waals surface area (Å²) >= 11 is 5.19. The number of halogens is 2. The van der Waals surface area contributed by atoms with E-state index in [0.29, 0.717) is 6.04 Å². The summed E-state index contributed by atoms with van der Waals surface area (Å²) in [5.41, 5.74) is 1.24. The molecule has 0 radical (unpaired) electrons. The molecule has 22 heavy (non-hydrogen) atoms. The number of piperazine rings is 1. The molecule has 0 bridgehead atoms. The second-order valence-electron chi connectivity index (χ2n) is 4.99. The van der Waals surface area contributed by atoms with Gasteiger partial charge >= 0.3 is 0 Å². The summed E-state index contributed by atoms with van der Waals surface area (Å²) in [5, 5.41) is 4.62. The molecule has 3 rings (SSSR count). The second-order valence-corrected chi connectivity index (χ2v) is 7.48. The molecule has 7 heteroatoms. The summed E-state index contributed by atoms with van der Waals surface area (Å²) in [7, 11) is 1.73. The third-order valence-electron chi connectivity index (χ3n) is 3.72. The highest BCUT2D eigenvalue weighted by Crippen LogP contribution is 2.32. The first-order valence-corrected chi connectivity index (χ1v) is 8.57. The summed E-state index contributed by atoms with van der Waals surface area (Å²) < 4.78 is 6.61. The molecule has 1 atom stereocenters. The molecule has 4 nitrogen and oxygen atoms in total. The van der Waals surface area contributed by atoms with E-state index in [1.165, 1.54) is 5.56 Å². The fourth-order valence-corrected chi connectivity index (χ4v) is 4.05. The van der Waals surface area contributed by atoms with Crippen molar-refractivity contribution in [2.75, 3.05) is 26.7 Å². The second kappa shape index (κ2) is 8.26. The van der Waals surface area contributed by atoms with Gasteiger partial charge in [0.1, 0.15) is 10.8 Å².